The second kappa shape index (κ2) is 9.61. The number of nitrogens with zero attached hydrogens (tertiary/aromatic N) is 5. The first-order valence-electron chi connectivity index (χ1n) is 8.30. The second-order valence-corrected chi connectivity index (χ2v) is 6.17. The number of carbonyl (C=O) groups excluding carboxylic acids is 1. The van der Waals surface area contributed by atoms with Crippen molar-refractivity contribution in [2.24, 2.45) is 5.73 Å². The average Bonchev–Trinajstić information content (AvgIpc) is 2.67. The van der Waals surface area contributed by atoms with Crippen molar-refractivity contribution in [1.29, 1.82) is 5.26 Å². The number of nitriles is 1. The number of benzene rings is 2. The van der Waals surface area contributed by atoms with Gasteiger partial charge in [0, 0.05) is 12.1 Å². The number of amides is 1. The first-order valence-corrected chi connectivity index (χ1v) is 8.30. The maximum absolute atomic E-state index is 11.0. The zero-order valence-electron chi connectivity index (χ0n) is 16.8. The minimum absolute atomic E-state index is 0.161. The molecule has 0 heterocycles. The summed E-state index contributed by atoms with van der Waals surface area (Å²) in [7, 11) is 0. The highest BCUT2D eigenvalue weighted by Gasteiger charge is 2.30. The number of nitro groups is 4. The summed E-state index contributed by atoms with van der Waals surface area (Å²) in [5.74, 6) is -1.06. The Morgan fingerprint density at radius 1 is 0.818 bits per heavy atom. The quantitative estimate of drug-likeness (QED) is 0.325. The van der Waals surface area contributed by atoms with Crippen molar-refractivity contribution >= 4 is 40.0 Å². The van der Waals surface area contributed by atoms with E-state index in [1.807, 2.05) is 0 Å². The van der Waals surface area contributed by atoms with E-state index in [0.717, 1.165) is 12.1 Å². The molecule has 0 saturated carbocycles. The van der Waals surface area contributed by atoms with Gasteiger partial charge in [0.25, 0.3) is 17.3 Å². The summed E-state index contributed by atoms with van der Waals surface area (Å²) in [4.78, 5) is 50.3. The van der Waals surface area contributed by atoms with Crippen LogP contribution in [0.3, 0.4) is 0 Å². The third kappa shape index (κ3) is 5.02. The fourth-order valence-corrected chi connectivity index (χ4v) is 2.69. The summed E-state index contributed by atoms with van der Waals surface area (Å²) >= 11 is 0. The van der Waals surface area contributed by atoms with E-state index in [1.54, 1.807) is 6.07 Å². The zero-order valence-corrected chi connectivity index (χ0v) is 16.8. The maximum atomic E-state index is 11.0. The Balaban J connectivity index is 0.000000331. The van der Waals surface area contributed by atoms with Crippen molar-refractivity contribution in [1.82, 2.24) is 0 Å². The Kier molecular flexibility index (Phi) is 7.46. The zero-order chi connectivity index (χ0) is 25.8. The number of nitrogens with two attached hydrogens (primary N) is 3. The van der Waals surface area contributed by atoms with E-state index in [1.165, 1.54) is 13.8 Å². The van der Waals surface area contributed by atoms with Gasteiger partial charge >= 0.3 is 11.4 Å². The van der Waals surface area contributed by atoms with E-state index in [-0.39, 0.29) is 22.4 Å². The SMILES string of the molecule is Cc1c([N+](=O)[O-])cc(C#N)c(N)c1[N+](=O)[O-].Cc1c([N+](=O)[O-])cc(C(N)=O)c(N)c1[N+](=O)[O-]. The molecule has 0 aliphatic rings. The number of primary amides is 1. The van der Waals surface area contributed by atoms with Gasteiger partial charge in [-0.05, 0) is 13.8 Å². The van der Waals surface area contributed by atoms with Crippen molar-refractivity contribution < 1.29 is 24.5 Å². The van der Waals surface area contributed by atoms with Crippen LogP contribution in [0.15, 0.2) is 12.1 Å². The van der Waals surface area contributed by atoms with Crippen molar-refractivity contribution in [3.63, 3.8) is 0 Å². The van der Waals surface area contributed by atoms with Crippen LogP contribution in [0.5, 0.6) is 0 Å². The van der Waals surface area contributed by atoms with Gasteiger partial charge in [0.2, 0.25) is 0 Å². The highest BCUT2D eigenvalue weighted by molar-refractivity contribution is 6.01. The first kappa shape index (κ1) is 25.6. The van der Waals surface area contributed by atoms with Crippen LogP contribution >= 0.6 is 0 Å². The smallest absolute Gasteiger partial charge is 0.303 e. The molecule has 33 heavy (non-hydrogen) atoms. The molecule has 2 aromatic rings. The van der Waals surface area contributed by atoms with E-state index in [9.17, 15) is 45.3 Å². The van der Waals surface area contributed by atoms with Crippen LogP contribution in [0.1, 0.15) is 27.0 Å². The Bertz CT molecular complexity index is 1230. The fourth-order valence-electron chi connectivity index (χ4n) is 2.69. The molecule has 17 nitrogen and oxygen atoms in total. The lowest BCUT2D eigenvalue weighted by Crippen LogP contribution is -2.16. The van der Waals surface area contributed by atoms with Gasteiger partial charge in [-0.1, -0.05) is 0 Å². The predicted octanol–water partition coefficient (Wildman–Crippen LogP) is 1.76. The normalized spacial score (nSPS) is 9.73. The highest BCUT2D eigenvalue weighted by Crippen LogP contribution is 2.36. The minimum Gasteiger partial charge on any atom is -0.392 e. The average molecular weight is 462 g/mol. The molecule has 0 bridgehead atoms. The molecule has 0 aliphatic carbocycles. The molecule has 0 saturated heterocycles. The molecule has 0 fully saturated rings. The van der Waals surface area contributed by atoms with Gasteiger partial charge in [0.15, 0.2) is 0 Å². The summed E-state index contributed by atoms with van der Waals surface area (Å²) < 4.78 is 0. The van der Waals surface area contributed by atoms with Gasteiger partial charge in [0.1, 0.15) is 28.6 Å². The third-order valence-electron chi connectivity index (χ3n) is 4.28. The molecule has 0 radical (unpaired) electrons. The largest absolute Gasteiger partial charge is 0.392 e. The molecule has 0 spiro atoms. The molecule has 2 aromatic carbocycles. The topological polar surface area (TPSA) is 291 Å². The van der Waals surface area contributed by atoms with Gasteiger partial charge in [-0.2, -0.15) is 5.26 Å². The number of carbonyl (C=O) groups is 1. The summed E-state index contributed by atoms with van der Waals surface area (Å²) in [6.45, 7) is 2.39. The monoisotopic (exact) mass is 462 g/mol. The van der Waals surface area contributed by atoms with Gasteiger partial charge in [-0.25, -0.2) is 0 Å². The molecule has 172 valence electrons. The Morgan fingerprint density at radius 2 is 1.21 bits per heavy atom. The van der Waals surface area contributed by atoms with Gasteiger partial charge < -0.3 is 17.2 Å². The summed E-state index contributed by atoms with van der Waals surface area (Å²) in [6, 6.07) is 3.34. The lowest BCUT2D eigenvalue weighted by molar-refractivity contribution is -0.394. The molecule has 6 N–H and O–H groups in total. The van der Waals surface area contributed by atoms with Crippen LogP contribution in [-0.4, -0.2) is 25.6 Å². The summed E-state index contributed by atoms with van der Waals surface area (Å²) in [5.41, 5.74) is 11.5. The van der Waals surface area contributed by atoms with Crippen LogP contribution in [0.4, 0.5) is 34.1 Å². The van der Waals surface area contributed by atoms with Crippen molar-refractivity contribution in [3.8, 4) is 6.07 Å². The van der Waals surface area contributed by atoms with E-state index in [2.05, 4.69) is 0 Å². The lowest BCUT2D eigenvalue weighted by Gasteiger charge is -2.06. The van der Waals surface area contributed by atoms with Crippen LogP contribution in [0, 0.1) is 65.6 Å². The van der Waals surface area contributed by atoms with Crippen molar-refractivity contribution in [2.45, 2.75) is 13.8 Å². The molecule has 0 unspecified atom stereocenters. The fraction of sp³-hybridized carbons (Fsp3) is 0.125. The molecule has 0 atom stereocenters. The number of nitro benzene ring substituents is 4. The van der Waals surface area contributed by atoms with Gasteiger partial charge in [-0.15, -0.1) is 0 Å². The van der Waals surface area contributed by atoms with Crippen LogP contribution in [-0.2, 0) is 0 Å². The number of hydrogen-bond acceptors (Lipinski definition) is 12. The molecular formula is C16H14N8O9. The molecular weight excluding hydrogens is 448 g/mol. The molecule has 0 aromatic heterocycles. The standard InChI is InChI=1S/C8H8N4O5.C8H6N4O4/c1-3-5(11(14)15)2-4(8(10)13)6(9)7(3)12(16)17;1-4-6(11(13)14)2-5(3-9)7(10)8(4)12(15)16/h2H,9H2,1H3,(H2,10,13);2H,10H2,1H3. The Morgan fingerprint density at radius 3 is 1.55 bits per heavy atom. The molecule has 1 amide bonds. The Hall–Kier alpha value is -5.40. The van der Waals surface area contributed by atoms with E-state index in [0.29, 0.717) is 0 Å². The van der Waals surface area contributed by atoms with Crippen molar-refractivity contribution in [3.05, 3.63) is 74.8 Å². The second-order valence-electron chi connectivity index (χ2n) is 6.17. The van der Waals surface area contributed by atoms with Crippen LogP contribution < -0.4 is 17.2 Å². The number of rotatable bonds is 5. The maximum Gasteiger partial charge on any atom is 0.303 e. The van der Waals surface area contributed by atoms with E-state index < -0.39 is 59.6 Å². The Labute approximate surface area is 182 Å². The first-order chi connectivity index (χ1) is 15.2. The van der Waals surface area contributed by atoms with E-state index in [4.69, 9.17) is 22.5 Å². The molecule has 17 heteroatoms. The number of nitrogen functional groups attached to an aromatic ring is 2. The van der Waals surface area contributed by atoms with Crippen LogP contribution in [0.25, 0.3) is 0 Å². The molecule has 0 aliphatic heterocycles. The van der Waals surface area contributed by atoms with Crippen molar-refractivity contribution in [2.75, 3.05) is 11.5 Å². The predicted molar refractivity (Wildman–Crippen MR) is 111 cm³/mol. The van der Waals surface area contributed by atoms with Crippen LogP contribution in [0.2, 0.25) is 0 Å². The number of anilines is 2. The summed E-state index contributed by atoms with van der Waals surface area (Å²) in [6.07, 6.45) is 0. The van der Waals surface area contributed by atoms with E-state index >= 15 is 0 Å². The third-order valence-corrected chi connectivity index (χ3v) is 4.28. The minimum atomic E-state index is -1.06. The van der Waals surface area contributed by atoms with Gasteiger partial charge in [0.05, 0.1) is 30.8 Å². The molecule has 2 rings (SSSR count). The highest BCUT2D eigenvalue weighted by atomic mass is 16.6. The number of hydrogen-bond donors (Lipinski definition) is 3. The summed E-state index contributed by atoms with van der Waals surface area (Å²) in [5, 5.41) is 51.4. The lowest BCUT2D eigenvalue weighted by atomic mass is 10.0. The van der Waals surface area contributed by atoms with Gasteiger partial charge in [-0.3, -0.25) is 45.3 Å².